The molecule has 0 saturated carbocycles. The Bertz CT molecular complexity index is 514. The van der Waals surface area contributed by atoms with E-state index in [9.17, 15) is 8.42 Å². The third-order valence-corrected chi connectivity index (χ3v) is 7.54. The molecule has 0 spiro atoms. The lowest BCUT2D eigenvalue weighted by atomic mass is 10.3. The Balaban J connectivity index is 3.03. The molecule has 1 heterocycles. The highest BCUT2D eigenvalue weighted by molar-refractivity contribution is 7.96. The summed E-state index contributed by atoms with van der Waals surface area (Å²) >= 11 is 0. The van der Waals surface area contributed by atoms with Gasteiger partial charge in [-0.2, -0.15) is 8.94 Å². The first-order chi connectivity index (χ1) is 8.86. The molecule has 110 valence electrons. The average Bonchev–Trinajstić information content (AvgIpc) is 2.76. The Morgan fingerprint density at radius 2 is 2.00 bits per heavy atom. The van der Waals surface area contributed by atoms with E-state index >= 15 is 0 Å². The lowest BCUT2D eigenvalue weighted by Gasteiger charge is -2.17. The zero-order valence-electron chi connectivity index (χ0n) is 11.8. The first kappa shape index (κ1) is 17.0. The zero-order valence-corrected chi connectivity index (χ0v) is 14.8. The van der Waals surface area contributed by atoms with Gasteiger partial charge in [-0.1, -0.05) is 13.8 Å². The van der Waals surface area contributed by atoms with Gasteiger partial charge in [0.15, 0.2) is 5.03 Å². The molecule has 0 saturated heterocycles. The Kier molecular flexibility index (Phi) is 6.34. The number of aromatic nitrogens is 2. The van der Waals surface area contributed by atoms with Gasteiger partial charge < -0.3 is 0 Å². The summed E-state index contributed by atoms with van der Waals surface area (Å²) in [6, 6.07) is 1.66. The van der Waals surface area contributed by atoms with Crippen LogP contribution in [-0.4, -0.2) is 46.7 Å². The minimum Gasteiger partial charge on any atom is -0.298 e. The highest BCUT2D eigenvalue weighted by Crippen LogP contribution is 2.28. The fourth-order valence-electron chi connectivity index (χ4n) is 1.65. The Morgan fingerprint density at radius 3 is 2.47 bits per heavy atom. The van der Waals surface area contributed by atoms with Crippen LogP contribution in [0.4, 0.5) is 0 Å². The normalized spacial score (nSPS) is 13.2. The summed E-state index contributed by atoms with van der Waals surface area (Å²) in [6.07, 6.45) is 0. The summed E-state index contributed by atoms with van der Waals surface area (Å²) < 4.78 is 27.2. The maximum absolute atomic E-state index is 12.2. The van der Waals surface area contributed by atoms with Crippen LogP contribution in [0, 0.1) is 0 Å². The van der Waals surface area contributed by atoms with Gasteiger partial charge in [0.1, 0.15) is 0 Å². The summed E-state index contributed by atoms with van der Waals surface area (Å²) in [5, 5.41) is 4.24. The first-order valence-corrected chi connectivity index (χ1v) is 9.49. The maximum atomic E-state index is 12.2. The molecule has 0 aromatic carbocycles. The van der Waals surface area contributed by atoms with E-state index < -0.39 is 10.0 Å². The van der Waals surface area contributed by atoms with Crippen molar-refractivity contribution in [3.05, 3.63) is 11.8 Å². The highest BCUT2D eigenvalue weighted by Gasteiger charge is 2.24. The maximum Gasteiger partial charge on any atom is 0.268 e. The number of sulfonamides is 1. The van der Waals surface area contributed by atoms with Crippen molar-refractivity contribution >= 4 is 28.1 Å². The average molecular weight is 324 g/mol. The molecule has 1 aromatic heterocycles. The van der Waals surface area contributed by atoms with Gasteiger partial charge in [-0.3, -0.25) is 9.58 Å². The predicted molar refractivity (Wildman–Crippen MR) is 82.8 cm³/mol. The third-order valence-electron chi connectivity index (χ3n) is 2.98. The van der Waals surface area contributed by atoms with Gasteiger partial charge >= 0.3 is 0 Å². The second-order valence-electron chi connectivity index (χ2n) is 4.08. The lowest BCUT2D eigenvalue weighted by Crippen LogP contribution is -2.23. The zero-order chi connectivity index (χ0) is 14.6. The molecule has 0 radical (unpaired) electrons. The van der Waals surface area contributed by atoms with E-state index in [0.29, 0.717) is 6.54 Å². The van der Waals surface area contributed by atoms with Crippen LogP contribution in [0.15, 0.2) is 11.1 Å². The van der Waals surface area contributed by atoms with E-state index in [1.165, 1.54) is 3.85 Å². The van der Waals surface area contributed by atoms with Crippen LogP contribution in [0.5, 0.6) is 0 Å². The molecular formula is C10H22N4O2P2S. The van der Waals surface area contributed by atoms with Crippen molar-refractivity contribution in [1.82, 2.24) is 18.5 Å². The predicted octanol–water partition coefficient (Wildman–Crippen LogP) is 1.27. The van der Waals surface area contributed by atoms with Crippen molar-refractivity contribution in [2.75, 3.05) is 19.8 Å². The lowest BCUT2D eigenvalue weighted by molar-refractivity contribution is 0.287. The molecule has 0 N–H and O–H groups in total. The number of rotatable bonds is 7. The molecule has 9 heteroatoms. The second-order valence-corrected chi connectivity index (χ2v) is 8.51. The topological polar surface area (TPSA) is 58.4 Å². The minimum absolute atomic E-state index is 0.113. The van der Waals surface area contributed by atoms with E-state index in [4.69, 9.17) is 0 Å². The fourth-order valence-corrected chi connectivity index (χ4v) is 3.93. The third kappa shape index (κ3) is 3.96. The standard InChI is InChI=1S/C10H22N4O2P2S/c1-5-13(6-2)8-9-7-10(11-12(9)3)19(15,16)14(17)18-4/h7,18H,5-6,8,17H2,1-4H3. The SMILES string of the molecule is CCN(CC)Cc1cc(S(=O)(=O)N(P)PC)nn1C. The van der Waals surface area contributed by atoms with Crippen molar-refractivity contribution in [2.24, 2.45) is 7.05 Å². The quantitative estimate of drug-likeness (QED) is 0.709. The van der Waals surface area contributed by atoms with Crippen LogP contribution in [0.3, 0.4) is 0 Å². The van der Waals surface area contributed by atoms with E-state index in [2.05, 4.69) is 33.2 Å². The van der Waals surface area contributed by atoms with Crippen molar-refractivity contribution in [3.8, 4) is 0 Å². The minimum atomic E-state index is -3.48. The van der Waals surface area contributed by atoms with Gasteiger partial charge in [0.05, 0.1) is 5.69 Å². The largest absolute Gasteiger partial charge is 0.298 e. The van der Waals surface area contributed by atoms with Gasteiger partial charge in [0.2, 0.25) is 0 Å². The van der Waals surface area contributed by atoms with Gasteiger partial charge in [0, 0.05) is 19.7 Å². The molecule has 0 aliphatic rings. The Labute approximate surface area is 119 Å². The van der Waals surface area contributed by atoms with E-state index in [-0.39, 0.29) is 13.8 Å². The molecule has 19 heavy (non-hydrogen) atoms. The molecule has 1 rings (SSSR count). The molecule has 2 atom stereocenters. The van der Waals surface area contributed by atoms with Gasteiger partial charge in [0.25, 0.3) is 10.0 Å². The van der Waals surface area contributed by atoms with E-state index in [0.717, 1.165) is 18.8 Å². The molecule has 1 aromatic rings. The number of hydrogen-bond donors (Lipinski definition) is 0. The molecule has 0 aliphatic heterocycles. The summed E-state index contributed by atoms with van der Waals surface area (Å²) in [6.45, 7) is 8.54. The van der Waals surface area contributed by atoms with E-state index in [1.54, 1.807) is 17.8 Å². The summed E-state index contributed by atoms with van der Waals surface area (Å²) in [4.78, 5) is 2.22. The first-order valence-electron chi connectivity index (χ1n) is 6.09. The van der Waals surface area contributed by atoms with Gasteiger partial charge in [-0.15, -0.1) is 0 Å². The van der Waals surface area contributed by atoms with Crippen LogP contribution < -0.4 is 0 Å². The summed E-state index contributed by atoms with van der Waals surface area (Å²) in [5.74, 6) is 0. The van der Waals surface area contributed by atoms with E-state index in [1.807, 2.05) is 6.66 Å². The van der Waals surface area contributed by atoms with Crippen molar-refractivity contribution in [3.63, 3.8) is 0 Å². The van der Waals surface area contributed by atoms with Crippen molar-refractivity contribution < 1.29 is 8.42 Å². The number of hydrogen-bond acceptors (Lipinski definition) is 4. The highest BCUT2D eigenvalue weighted by atomic mass is 32.2. The molecule has 2 unspecified atom stereocenters. The fraction of sp³-hybridized carbons (Fsp3) is 0.700. The van der Waals surface area contributed by atoms with Crippen LogP contribution in [0.1, 0.15) is 19.5 Å². The Morgan fingerprint density at radius 1 is 1.42 bits per heavy atom. The number of nitrogens with zero attached hydrogens (tertiary/aromatic N) is 4. The van der Waals surface area contributed by atoms with Crippen LogP contribution in [0.2, 0.25) is 0 Å². The molecule has 6 nitrogen and oxygen atoms in total. The molecule has 0 aliphatic carbocycles. The Hall–Kier alpha value is -0.0600. The smallest absolute Gasteiger partial charge is 0.268 e. The molecular weight excluding hydrogens is 302 g/mol. The monoisotopic (exact) mass is 324 g/mol. The molecule has 0 amide bonds. The second kappa shape index (κ2) is 7.09. The summed E-state index contributed by atoms with van der Waals surface area (Å²) in [5.41, 5.74) is 0.903. The van der Waals surface area contributed by atoms with Crippen LogP contribution in [0.25, 0.3) is 0 Å². The number of aryl methyl sites for hydroxylation is 1. The van der Waals surface area contributed by atoms with Crippen LogP contribution in [-0.2, 0) is 23.6 Å². The van der Waals surface area contributed by atoms with Crippen LogP contribution >= 0.6 is 18.1 Å². The molecule has 0 bridgehead atoms. The van der Waals surface area contributed by atoms with Crippen molar-refractivity contribution in [1.29, 1.82) is 0 Å². The van der Waals surface area contributed by atoms with Crippen molar-refractivity contribution in [2.45, 2.75) is 25.4 Å². The van der Waals surface area contributed by atoms with Gasteiger partial charge in [-0.05, 0) is 37.9 Å². The molecule has 0 fully saturated rings. The summed E-state index contributed by atoms with van der Waals surface area (Å²) in [7, 11) is 0.683. The van der Waals surface area contributed by atoms with Gasteiger partial charge in [-0.25, -0.2) is 8.42 Å².